The molecule has 8 heteroatoms. The van der Waals surface area contributed by atoms with Gasteiger partial charge in [-0.3, -0.25) is 9.58 Å². The largest absolute Gasteiger partial charge is 0.374 e. The van der Waals surface area contributed by atoms with Crippen molar-refractivity contribution in [3.63, 3.8) is 0 Å². The van der Waals surface area contributed by atoms with Crippen LogP contribution >= 0.6 is 0 Å². The van der Waals surface area contributed by atoms with Crippen LogP contribution in [0.1, 0.15) is 24.1 Å². The minimum atomic E-state index is -1.14. The lowest BCUT2D eigenvalue weighted by molar-refractivity contribution is -0.0732. The predicted molar refractivity (Wildman–Crippen MR) is 85.1 cm³/mol. The number of aromatic nitrogens is 2. The Morgan fingerprint density at radius 3 is 2.80 bits per heavy atom. The molecule has 3 aliphatic rings. The van der Waals surface area contributed by atoms with E-state index >= 15 is 0 Å². The van der Waals surface area contributed by atoms with Gasteiger partial charge in [0.15, 0.2) is 5.83 Å². The SMILES string of the molecule is Cn1ncc2c1CN(C1CO[C@H](C3CC(F)=C(F)C=C3F)C(N)C1)C2. The van der Waals surface area contributed by atoms with Crippen molar-refractivity contribution in [3.8, 4) is 0 Å². The van der Waals surface area contributed by atoms with Crippen LogP contribution in [0.4, 0.5) is 13.2 Å². The average molecular weight is 354 g/mol. The summed E-state index contributed by atoms with van der Waals surface area (Å²) in [7, 11) is 1.92. The van der Waals surface area contributed by atoms with Crippen molar-refractivity contribution in [1.29, 1.82) is 0 Å². The monoisotopic (exact) mass is 354 g/mol. The van der Waals surface area contributed by atoms with Gasteiger partial charge in [-0.05, 0) is 6.42 Å². The summed E-state index contributed by atoms with van der Waals surface area (Å²) < 4.78 is 48.5. The summed E-state index contributed by atoms with van der Waals surface area (Å²) in [5, 5.41) is 4.24. The lowest BCUT2D eigenvalue weighted by Crippen LogP contribution is -2.54. The Hall–Kier alpha value is -1.64. The normalized spacial score (nSPS) is 33.6. The van der Waals surface area contributed by atoms with Gasteiger partial charge in [-0.25, -0.2) is 13.2 Å². The predicted octanol–water partition coefficient (Wildman–Crippen LogP) is 2.24. The number of nitrogens with two attached hydrogens (primary N) is 1. The maximum atomic E-state index is 14.1. The molecule has 3 heterocycles. The maximum Gasteiger partial charge on any atom is 0.157 e. The fourth-order valence-corrected chi connectivity index (χ4v) is 4.07. The topological polar surface area (TPSA) is 56.3 Å². The number of hydrogen-bond donors (Lipinski definition) is 1. The third-order valence-electron chi connectivity index (χ3n) is 5.51. The van der Waals surface area contributed by atoms with Gasteiger partial charge in [-0.1, -0.05) is 0 Å². The summed E-state index contributed by atoms with van der Waals surface area (Å²) in [6, 6.07) is -0.315. The molecule has 5 nitrogen and oxygen atoms in total. The standard InChI is InChI=1S/C17H21F3N4O/c1-23-16-7-24(6-9(16)5-22-23)10-2-15(21)17(25-8-10)11-3-13(19)14(20)4-12(11)18/h4-5,10-11,15,17H,2-3,6-8,21H2,1H3/t10?,11?,15?,17-/m1/s1. The summed E-state index contributed by atoms with van der Waals surface area (Å²) >= 11 is 0. The van der Waals surface area contributed by atoms with Crippen LogP contribution in [0.15, 0.2) is 29.8 Å². The number of allylic oxidation sites excluding steroid dienone is 3. The number of fused-ring (bicyclic) bond motifs is 1. The molecule has 1 saturated heterocycles. The van der Waals surface area contributed by atoms with Gasteiger partial charge in [0.1, 0.15) is 11.7 Å². The van der Waals surface area contributed by atoms with E-state index in [1.54, 1.807) is 0 Å². The molecule has 0 saturated carbocycles. The first kappa shape index (κ1) is 16.8. The van der Waals surface area contributed by atoms with E-state index in [-0.39, 0.29) is 12.5 Å². The highest BCUT2D eigenvalue weighted by Gasteiger charge is 2.41. The van der Waals surface area contributed by atoms with Gasteiger partial charge in [0, 0.05) is 56.2 Å². The van der Waals surface area contributed by atoms with E-state index in [1.165, 1.54) is 11.3 Å². The van der Waals surface area contributed by atoms with E-state index in [9.17, 15) is 13.2 Å². The average Bonchev–Trinajstić information content (AvgIpc) is 3.14. The molecule has 1 aromatic heterocycles. The molecule has 25 heavy (non-hydrogen) atoms. The summed E-state index contributed by atoms with van der Waals surface area (Å²) in [5.41, 5.74) is 8.60. The molecule has 4 rings (SSSR count). The Morgan fingerprint density at radius 2 is 2.08 bits per heavy atom. The first-order valence-corrected chi connectivity index (χ1v) is 8.46. The highest BCUT2D eigenvalue weighted by molar-refractivity contribution is 5.27. The highest BCUT2D eigenvalue weighted by atomic mass is 19.2. The number of aryl methyl sites for hydroxylation is 1. The number of halogens is 3. The highest BCUT2D eigenvalue weighted by Crippen LogP contribution is 2.38. The number of ether oxygens (including phenoxy) is 1. The van der Waals surface area contributed by atoms with Gasteiger partial charge >= 0.3 is 0 Å². The lowest BCUT2D eigenvalue weighted by Gasteiger charge is -2.41. The van der Waals surface area contributed by atoms with Gasteiger partial charge < -0.3 is 10.5 Å². The lowest BCUT2D eigenvalue weighted by atomic mass is 9.84. The second-order valence-corrected chi connectivity index (χ2v) is 7.09. The Kier molecular flexibility index (Phi) is 4.21. The van der Waals surface area contributed by atoms with Crippen molar-refractivity contribution < 1.29 is 17.9 Å². The summed E-state index contributed by atoms with van der Waals surface area (Å²) in [4.78, 5) is 2.27. The van der Waals surface area contributed by atoms with Crippen LogP contribution in [0, 0.1) is 5.92 Å². The van der Waals surface area contributed by atoms with Crippen molar-refractivity contribution >= 4 is 0 Å². The molecule has 2 N–H and O–H groups in total. The Balaban J connectivity index is 1.41. The molecule has 0 aromatic carbocycles. The third kappa shape index (κ3) is 2.92. The molecule has 1 fully saturated rings. The van der Waals surface area contributed by atoms with Gasteiger partial charge in [0.2, 0.25) is 0 Å². The van der Waals surface area contributed by atoms with E-state index in [1.807, 2.05) is 17.9 Å². The van der Waals surface area contributed by atoms with Crippen molar-refractivity contribution in [2.45, 2.75) is 44.1 Å². The summed E-state index contributed by atoms with van der Waals surface area (Å²) in [6.45, 7) is 1.96. The molecular weight excluding hydrogens is 333 g/mol. The van der Waals surface area contributed by atoms with Crippen LogP contribution in [0.25, 0.3) is 0 Å². The molecule has 1 aromatic rings. The van der Waals surface area contributed by atoms with Gasteiger partial charge in [0.05, 0.1) is 24.6 Å². The number of nitrogens with zero attached hydrogens (tertiary/aromatic N) is 3. The Morgan fingerprint density at radius 1 is 1.28 bits per heavy atom. The van der Waals surface area contributed by atoms with E-state index in [0.29, 0.717) is 19.1 Å². The molecule has 0 spiro atoms. The fourth-order valence-electron chi connectivity index (χ4n) is 4.07. The van der Waals surface area contributed by atoms with Crippen LogP contribution < -0.4 is 5.73 Å². The third-order valence-corrected chi connectivity index (χ3v) is 5.51. The maximum absolute atomic E-state index is 14.1. The quantitative estimate of drug-likeness (QED) is 0.885. The van der Waals surface area contributed by atoms with E-state index in [4.69, 9.17) is 10.5 Å². The smallest absolute Gasteiger partial charge is 0.157 e. The number of hydrogen-bond acceptors (Lipinski definition) is 4. The van der Waals surface area contributed by atoms with Crippen molar-refractivity contribution in [2.24, 2.45) is 18.7 Å². The zero-order chi connectivity index (χ0) is 17.7. The summed E-state index contributed by atoms with van der Waals surface area (Å²) in [6.07, 6.45) is 2.13. The molecule has 1 aliphatic carbocycles. The zero-order valence-corrected chi connectivity index (χ0v) is 14.0. The van der Waals surface area contributed by atoms with Crippen LogP contribution in [0.5, 0.6) is 0 Å². The Labute approximate surface area is 143 Å². The molecule has 4 atom stereocenters. The van der Waals surface area contributed by atoms with Gasteiger partial charge in [-0.2, -0.15) is 5.10 Å². The molecular formula is C17H21F3N4O. The van der Waals surface area contributed by atoms with Crippen LogP contribution in [0.3, 0.4) is 0 Å². The van der Waals surface area contributed by atoms with Crippen molar-refractivity contribution in [1.82, 2.24) is 14.7 Å². The first-order chi connectivity index (χ1) is 11.9. The second kappa shape index (κ2) is 6.26. The van der Waals surface area contributed by atoms with Crippen LogP contribution in [0.2, 0.25) is 0 Å². The van der Waals surface area contributed by atoms with E-state index in [2.05, 4.69) is 10.00 Å². The van der Waals surface area contributed by atoms with E-state index < -0.39 is 35.5 Å². The van der Waals surface area contributed by atoms with Crippen LogP contribution in [-0.2, 0) is 24.9 Å². The Bertz CT molecular complexity index is 744. The van der Waals surface area contributed by atoms with E-state index in [0.717, 1.165) is 13.1 Å². The number of rotatable bonds is 2. The molecule has 0 amide bonds. The minimum absolute atomic E-state index is 0.117. The van der Waals surface area contributed by atoms with Crippen molar-refractivity contribution in [3.05, 3.63) is 41.0 Å². The zero-order valence-electron chi connectivity index (χ0n) is 14.0. The summed E-state index contributed by atoms with van der Waals surface area (Å²) in [5.74, 6) is -3.63. The minimum Gasteiger partial charge on any atom is -0.374 e. The fraction of sp³-hybridized carbons (Fsp3) is 0.588. The van der Waals surface area contributed by atoms with Gasteiger partial charge in [-0.15, -0.1) is 0 Å². The molecule has 3 unspecified atom stereocenters. The molecule has 0 bridgehead atoms. The first-order valence-electron chi connectivity index (χ1n) is 8.46. The molecule has 136 valence electrons. The van der Waals surface area contributed by atoms with Gasteiger partial charge in [0.25, 0.3) is 0 Å². The van der Waals surface area contributed by atoms with Crippen molar-refractivity contribution in [2.75, 3.05) is 6.61 Å². The molecule has 0 radical (unpaired) electrons. The van der Waals surface area contributed by atoms with Crippen LogP contribution in [-0.4, -0.2) is 39.5 Å². The molecule has 2 aliphatic heterocycles. The second-order valence-electron chi connectivity index (χ2n) is 7.09.